The van der Waals surface area contributed by atoms with Crippen LogP contribution in [0.25, 0.3) is 0 Å². The summed E-state index contributed by atoms with van der Waals surface area (Å²) in [4.78, 5) is 23.4. The first-order valence-corrected chi connectivity index (χ1v) is 26.0. The number of allylic oxidation sites excluding steroid dienone is 5. The first-order chi connectivity index (χ1) is 29.8. The SMILES string of the molecule is CCCCCCCCCC/C=C/CC/C=C/C(O)C(COP(=O)(O)OC1C(O)C(O)C(O)C(O)C1O)NC(=O)CC(O)CCCCCCC/C=C\CCCCCCCCCCC. The van der Waals surface area contributed by atoms with Gasteiger partial charge < -0.3 is 46.0 Å². The fraction of sp³-hybridized carbons (Fsp3) is 0.854. The lowest BCUT2D eigenvalue weighted by atomic mass is 9.85. The second-order valence-corrected chi connectivity index (χ2v) is 18.9. The Hall–Kier alpha value is -1.48. The molecule has 1 rings (SSSR count). The highest BCUT2D eigenvalue weighted by atomic mass is 31.2. The summed E-state index contributed by atoms with van der Waals surface area (Å²) in [7, 11) is -5.15. The minimum absolute atomic E-state index is 0.258. The monoisotopic (exact) mass is 904 g/mol. The lowest BCUT2D eigenvalue weighted by molar-refractivity contribution is -0.220. The van der Waals surface area contributed by atoms with Gasteiger partial charge in [-0.2, -0.15) is 0 Å². The smallest absolute Gasteiger partial charge is 0.393 e. The zero-order valence-corrected chi connectivity index (χ0v) is 39.4. The normalized spacial score (nSPS) is 23.3. The molecule has 1 aliphatic carbocycles. The summed E-state index contributed by atoms with van der Waals surface area (Å²) in [6.45, 7) is 3.72. The zero-order chi connectivity index (χ0) is 45.9. The second kappa shape index (κ2) is 37.7. The molecule has 8 unspecified atom stereocenters. The number of rotatable bonds is 40. The van der Waals surface area contributed by atoms with Gasteiger partial charge in [-0.3, -0.25) is 13.8 Å². The number of phosphoric ester groups is 1. The minimum Gasteiger partial charge on any atom is -0.393 e. The Morgan fingerprint density at radius 3 is 1.42 bits per heavy atom. The molecule has 1 amide bonds. The average Bonchev–Trinajstić information content (AvgIpc) is 3.24. The molecular formula is C48H90NO12P. The highest BCUT2D eigenvalue weighted by molar-refractivity contribution is 7.47. The highest BCUT2D eigenvalue weighted by Gasteiger charge is 2.51. The van der Waals surface area contributed by atoms with Crippen LogP contribution in [-0.4, -0.2) is 108 Å². The number of nitrogens with one attached hydrogen (secondary N) is 1. The van der Waals surface area contributed by atoms with E-state index in [1.807, 2.05) is 0 Å². The van der Waals surface area contributed by atoms with Gasteiger partial charge >= 0.3 is 7.82 Å². The van der Waals surface area contributed by atoms with E-state index in [1.165, 1.54) is 109 Å². The molecule has 0 heterocycles. The molecule has 0 aromatic rings. The Kier molecular flexibility index (Phi) is 35.6. The van der Waals surface area contributed by atoms with E-state index in [4.69, 9.17) is 9.05 Å². The van der Waals surface area contributed by atoms with Crippen LogP contribution in [0.1, 0.15) is 200 Å². The molecular weight excluding hydrogens is 813 g/mol. The average molecular weight is 904 g/mol. The highest BCUT2D eigenvalue weighted by Crippen LogP contribution is 2.47. The molecule has 1 aliphatic rings. The van der Waals surface area contributed by atoms with Crippen LogP contribution in [0, 0.1) is 0 Å². The maximum atomic E-state index is 13.0. The van der Waals surface area contributed by atoms with Crippen LogP contribution in [0.4, 0.5) is 0 Å². The molecule has 1 fully saturated rings. The topological polar surface area (TPSA) is 226 Å². The van der Waals surface area contributed by atoms with Gasteiger partial charge in [0.15, 0.2) is 0 Å². The minimum atomic E-state index is -5.15. The predicted octanol–water partition coefficient (Wildman–Crippen LogP) is 8.53. The molecule has 13 nitrogen and oxygen atoms in total. The Balaban J connectivity index is 2.53. The van der Waals surface area contributed by atoms with Gasteiger partial charge in [0.05, 0.1) is 31.3 Å². The van der Waals surface area contributed by atoms with Crippen LogP contribution in [0.5, 0.6) is 0 Å². The zero-order valence-electron chi connectivity index (χ0n) is 38.5. The number of aliphatic hydroxyl groups is 7. The summed E-state index contributed by atoms with van der Waals surface area (Å²) >= 11 is 0. The van der Waals surface area contributed by atoms with Gasteiger partial charge in [0.1, 0.15) is 36.6 Å². The van der Waals surface area contributed by atoms with Crippen molar-refractivity contribution in [1.82, 2.24) is 5.32 Å². The largest absolute Gasteiger partial charge is 0.472 e. The van der Waals surface area contributed by atoms with E-state index >= 15 is 0 Å². The summed E-state index contributed by atoms with van der Waals surface area (Å²) < 4.78 is 22.9. The summed E-state index contributed by atoms with van der Waals surface area (Å²) in [5, 5.41) is 74.5. The van der Waals surface area contributed by atoms with Crippen molar-refractivity contribution < 1.29 is 59.0 Å². The van der Waals surface area contributed by atoms with Crippen molar-refractivity contribution in [2.75, 3.05) is 6.61 Å². The van der Waals surface area contributed by atoms with E-state index in [0.29, 0.717) is 12.8 Å². The van der Waals surface area contributed by atoms with E-state index < -0.39 is 75.2 Å². The maximum Gasteiger partial charge on any atom is 0.472 e. The molecule has 0 aromatic heterocycles. The van der Waals surface area contributed by atoms with Crippen LogP contribution < -0.4 is 5.32 Å². The van der Waals surface area contributed by atoms with Gasteiger partial charge in [-0.1, -0.05) is 172 Å². The van der Waals surface area contributed by atoms with E-state index in [0.717, 1.165) is 64.2 Å². The summed E-state index contributed by atoms with van der Waals surface area (Å²) in [6, 6.07) is -1.26. The quantitative estimate of drug-likeness (QED) is 0.0160. The van der Waals surface area contributed by atoms with Gasteiger partial charge in [-0.25, -0.2) is 4.57 Å². The number of amides is 1. The maximum absolute atomic E-state index is 13.0. The molecule has 62 heavy (non-hydrogen) atoms. The summed E-state index contributed by atoms with van der Waals surface area (Å²) in [5.41, 5.74) is 0. The van der Waals surface area contributed by atoms with Crippen LogP contribution in [0.2, 0.25) is 0 Å². The van der Waals surface area contributed by atoms with Crippen molar-refractivity contribution in [3.8, 4) is 0 Å². The number of carbonyl (C=O) groups is 1. The van der Waals surface area contributed by atoms with Gasteiger partial charge in [0.2, 0.25) is 5.91 Å². The third-order valence-corrected chi connectivity index (χ3v) is 12.7. The van der Waals surface area contributed by atoms with Crippen molar-refractivity contribution in [1.29, 1.82) is 0 Å². The van der Waals surface area contributed by atoms with Crippen LogP contribution in [0.3, 0.4) is 0 Å². The number of aliphatic hydroxyl groups excluding tert-OH is 7. The van der Waals surface area contributed by atoms with E-state index in [-0.39, 0.29) is 6.42 Å². The fourth-order valence-corrected chi connectivity index (χ4v) is 8.63. The number of hydrogen-bond acceptors (Lipinski definition) is 11. The van der Waals surface area contributed by atoms with Gasteiger partial charge in [0.25, 0.3) is 0 Å². The molecule has 364 valence electrons. The summed E-state index contributed by atoms with van der Waals surface area (Å²) in [5.74, 6) is -0.608. The molecule has 0 aliphatic heterocycles. The third-order valence-electron chi connectivity index (χ3n) is 11.7. The van der Waals surface area contributed by atoms with Gasteiger partial charge in [-0.15, -0.1) is 0 Å². The Labute approximate surface area is 375 Å². The van der Waals surface area contributed by atoms with Crippen molar-refractivity contribution in [3.05, 3.63) is 36.5 Å². The molecule has 0 radical (unpaired) electrons. The molecule has 0 bridgehead atoms. The van der Waals surface area contributed by atoms with Crippen molar-refractivity contribution >= 4 is 13.7 Å². The molecule has 0 saturated heterocycles. The van der Waals surface area contributed by atoms with E-state index in [1.54, 1.807) is 6.08 Å². The lowest BCUT2D eigenvalue weighted by Crippen LogP contribution is -2.64. The second-order valence-electron chi connectivity index (χ2n) is 17.5. The van der Waals surface area contributed by atoms with E-state index in [9.17, 15) is 50.0 Å². The number of hydrogen-bond donors (Lipinski definition) is 9. The summed E-state index contributed by atoms with van der Waals surface area (Å²) in [6.07, 6.45) is 29.5. The van der Waals surface area contributed by atoms with Crippen molar-refractivity contribution in [2.24, 2.45) is 0 Å². The van der Waals surface area contributed by atoms with Crippen molar-refractivity contribution in [2.45, 2.75) is 255 Å². The standard InChI is InChI=1S/C48H90NO12P/c1-3-5-7-9-11-13-15-17-19-20-21-22-23-25-27-29-31-33-35-39(50)37-42(52)49-40(38-60-62(58,59)61-48-46(56)44(54)43(53)45(55)47(48)57)41(51)36-34-32-30-28-26-24-18-16-14-12-10-8-6-4-2/h21-22,26,28,34,36,39-41,43-48,50-51,53-57H,3-20,23-25,27,29-33,35,37-38H2,1-2H3,(H,49,52)(H,58,59)/b22-21-,28-26+,36-34+. The molecule has 0 spiro atoms. The van der Waals surface area contributed by atoms with Crippen LogP contribution >= 0.6 is 7.82 Å². The fourth-order valence-electron chi connectivity index (χ4n) is 7.66. The molecule has 9 N–H and O–H groups in total. The first kappa shape index (κ1) is 58.5. The molecule has 14 heteroatoms. The number of phosphoric acid groups is 1. The molecule has 8 atom stereocenters. The van der Waals surface area contributed by atoms with Gasteiger partial charge in [0, 0.05) is 0 Å². The molecule has 0 aromatic carbocycles. The molecule has 1 saturated carbocycles. The number of carbonyl (C=O) groups excluding carboxylic acids is 1. The first-order valence-electron chi connectivity index (χ1n) is 24.5. The predicted molar refractivity (Wildman–Crippen MR) is 247 cm³/mol. The Bertz CT molecular complexity index is 1200. The van der Waals surface area contributed by atoms with Crippen molar-refractivity contribution in [3.63, 3.8) is 0 Å². The van der Waals surface area contributed by atoms with Crippen LogP contribution in [0.15, 0.2) is 36.5 Å². The van der Waals surface area contributed by atoms with E-state index in [2.05, 4.69) is 43.5 Å². The third kappa shape index (κ3) is 29.1. The Morgan fingerprint density at radius 1 is 0.565 bits per heavy atom. The van der Waals surface area contributed by atoms with Crippen LogP contribution in [-0.2, 0) is 18.4 Å². The Morgan fingerprint density at radius 2 is 0.952 bits per heavy atom. The van der Waals surface area contributed by atoms with Gasteiger partial charge in [-0.05, 0) is 57.8 Å². The lowest BCUT2D eigenvalue weighted by Gasteiger charge is -2.41. The number of unbranched alkanes of at least 4 members (excludes halogenated alkanes) is 23.